The average molecular weight is 332 g/mol. The van der Waals surface area contributed by atoms with Gasteiger partial charge in [-0.2, -0.15) is 0 Å². The van der Waals surface area contributed by atoms with Crippen LogP contribution in [0.5, 0.6) is 5.75 Å². The summed E-state index contributed by atoms with van der Waals surface area (Å²) in [4.78, 5) is 0. The number of amidine groups is 1. The topological polar surface area (TPSA) is 68.3 Å². The van der Waals surface area contributed by atoms with Gasteiger partial charge in [0.1, 0.15) is 11.4 Å². The maximum Gasteiger partial charge on any atom is 0.151 e. The minimum Gasteiger partial charge on any atom is -0.482 e. The van der Waals surface area contributed by atoms with E-state index in [1.807, 2.05) is 0 Å². The highest BCUT2D eigenvalue weighted by molar-refractivity contribution is 8.13. The van der Waals surface area contributed by atoms with Crippen molar-refractivity contribution in [2.45, 2.75) is 44.3 Å². The number of benzene rings is 1. The van der Waals surface area contributed by atoms with Gasteiger partial charge in [-0.05, 0) is 44.7 Å². The average Bonchev–Trinajstić information content (AvgIpc) is 2.81. The molecule has 1 saturated carbocycles. The van der Waals surface area contributed by atoms with Crippen LogP contribution in [-0.2, 0) is 4.74 Å². The fourth-order valence-electron chi connectivity index (χ4n) is 3.63. The predicted octanol–water partition coefficient (Wildman–Crippen LogP) is 3.73. The molecule has 23 heavy (non-hydrogen) atoms. The molecular formula is C18H24N2O2S. The van der Waals surface area contributed by atoms with E-state index >= 15 is 0 Å². The molecule has 0 unspecified atom stereocenters. The SMILES string of the molecule is COC1CCC2(CC1)Oc1ccc(C)cc1C2=CCSC(=N)N. The number of hydrogen-bond acceptors (Lipinski definition) is 4. The zero-order chi connectivity index (χ0) is 16.4. The van der Waals surface area contributed by atoms with E-state index in [1.54, 1.807) is 7.11 Å². The standard InChI is InChI=1S/C18H24N2O2S/c1-12-3-4-16-14(11-12)15(7-10-23-17(19)20)18(22-16)8-5-13(21-2)6-9-18/h3-4,7,11,13H,5-6,8-10H2,1-2H3,(H3,19,20). The van der Waals surface area contributed by atoms with Crippen LogP contribution in [0.3, 0.4) is 0 Å². The van der Waals surface area contributed by atoms with Crippen LogP contribution in [0.15, 0.2) is 24.3 Å². The Bertz CT molecular complexity index is 634. The summed E-state index contributed by atoms with van der Waals surface area (Å²) in [6.45, 7) is 2.11. The van der Waals surface area contributed by atoms with Crippen molar-refractivity contribution < 1.29 is 9.47 Å². The third-order valence-corrected chi connectivity index (χ3v) is 5.47. The molecule has 0 saturated heterocycles. The van der Waals surface area contributed by atoms with E-state index in [1.165, 1.54) is 28.5 Å². The summed E-state index contributed by atoms with van der Waals surface area (Å²) in [5.41, 5.74) is 8.94. The van der Waals surface area contributed by atoms with Crippen LogP contribution in [0.4, 0.5) is 0 Å². The predicted molar refractivity (Wildman–Crippen MR) is 96.2 cm³/mol. The molecule has 0 atom stereocenters. The summed E-state index contributed by atoms with van der Waals surface area (Å²) in [6.07, 6.45) is 6.50. The van der Waals surface area contributed by atoms with Crippen molar-refractivity contribution >= 4 is 22.5 Å². The van der Waals surface area contributed by atoms with Crippen LogP contribution < -0.4 is 10.5 Å². The quantitative estimate of drug-likeness (QED) is 0.654. The van der Waals surface area contributed by atoms with Crippen molar-refractivity contribution in [1.82, 2.24) is 0 Å². The van der Waals surface area contributed by atoms with Gasteiger partial charge in [0.25, 0.3) is 0 Å². The van der Waals surface area contributed by atoms with E-state index in [9.17, 15) is 0 Å². The van der Waals surface area contributed by atoms with Crippen LogP contribution in [0.25, 0.3) is 5.57 Å². The Morgan fingerprint density at radius 3 is 2.87 bits per heavy atom. The lowest BCUT2D eigenvalue weighted by Crippen LogP contribution is -2.39. The number of ether oxygens (including phenoxy) is 2. The number of methoxy groups -OCH3 is 1. The Hall–Kier alpha value is -1.46. The number of rotatable bonds is 3. The maximum absolute atomic E-state index is 7.40. The van der Waals surface area contributed by atoms with Crippen LogP contribution >= 0.6 is 11.8 Å². The molecule has 124 valence electrons. The molecule has 1 heterocycles. The minimum absolute atomic E-state index is 0.155. The molecule has 2 aliphatic rings. The highest BCUT2D eigenvalue weighted by Gasteiger charge is 2.46. The van der Waals surface area contributed by atoms with Gasteiger partial charge in [0.2, 0.25) is 0 Å². The first-order chi connectivity index (χ1) is 11.0. The fourth-order valence-corrected chi connectivity index (χ4v) is 4.06. The van der Waals surface area contributed by atoms with Crippen LogP contribution in [0.2, 0.25) is 0 Å². The third kappa shape index (κ3) is 3.26. The lowest BCUT2D eigenvalue weighted by Gasteiger charge is -2.37. The first kappa shape index (κ1) is 16.4. The van der Waals surface area contributed by atoms with E-state index in [4.69, 9.17) is 20.6 Å². The van der Waals surface area contributed by atoms with Gasteiger partial charge in [-0.25, -0.2) is 0 Å². The van der Waals surface area contributed by atoms with Gasteiger partial charge in [-0.15, -0.1) is 0 Å². The minimum atomic E-state index is -0.234. The Morgan fingerprint density at radius 1 is 1.48 bits per heavy atom. The summed E-state index contributed by atoms with van der Waals surface area (Å²) >= 11 is 1.35. The number of hydrogen-bond donors (Lipinski definition) is 2. The second kappa shape index (κ2) is 6.57. The molecule has 5 heteroatoms. The number of nitrogens with one attached hydrogen (secondary N) is 1. The van der Waals surface area contributed by atoms with Gasteiger partial charge in [-0.1, -0.05) is 29.5 Å². The molecule has 3 N–H and O–H groups in total. The smallest absolute Gasteiger partial charge is 0.151 e. The molecule has 4 nitrogen and oxygen atoms in total. The lowest BCUT2D eigenvalue weighted by atomic mass is 9.77. The van der Waals surface area contributed by atoms with Gasteiger partial charge in [0, 0.05) is 24.0 Å². The van der Waals surface area contributed by atoms with Crippen molar-refractivity contribution in [3.8, 4) is 5.75 Å². The van der Waals surface area contributed by atoms with E-state index in [-0.39, 0.29) is 10.8 Å². The van der Waals surface area contributed by atoms with Gasteiger partial charge in [-0.3, -0.25) is 5.41 Å². The van der Waals surface area contributed by atoms with Gasteiger partial charge in [0.05, 0.1) is 6.10 Å². The van der Waals surface area contributed by atoms with Gasteiger partial charge < -0.3 is 15.2 Å². The Kier molecular flexibility index (Phi) is 4.69. The molecule has 0 radical (unpaired) electrons. The first-order valence-electron chi connectivity index (χ1n) is 8.04. The Labute approximate surface area is 141 Å². The molecule has 1 aliphatic carbocycles. The monoisotopic (exact) mass is 332 g/mol. The molecule has 3 rings (SSSR count). The Balaban J connectivity index is 1.91. The van der Waals surface area contributed by atoms with Crippen LogP contribution in [0.1, 0.15) is 36.8 Å². The van der Waals surface area contributed by atoms with Crippen LogP contribution in [-0.4, -0.2) is 29.7 Å². The van der Waals surface area contributed by atoms with Crippen molar-refractivity contribution in [1.29, 1.82) is 5.41 Å². The fraction of sp³-hybridized carbons (Fsp3) is 0.500. The number of aryl methyl sites for hydroxylation is 1. The maximum atomic E-state index is 7.40. The van der Waals surface area contributed by atoms with Crippen molar-refractivity contribution in [2.75, 3.05) is 12.9 Å². The van der Waals surface area contributed by atoms with E-state index in [2.05, 4.69) is 31.2 Å². The molecule has 0 bridgehead atoms. The largest absolute Gasteiger partial charge is 0.482 e. The van der Waals surface area contributed by atoms with E-state index in [0.717, 1.165) is 31.4 Å². The molecule has 1 aromatic carbocycles. The summed E-state index contributed by atoms with van der Waals surface area (Å²) in [7, 11) is 1.79. The van der Waals surface area contributed by atoms with E-state index in [0.29, 0.717) is 11.9 Å². The van der Waals surface area contributed by atoms with E-state index < -0.39 is 0 Å². The van der Waals surface area contributed by atoms with Gasteiger partial charge in [0.15, 0.2) is 5.17 Å². The molecule has 1 fully saturated rings. The summed E-state index contributed by atoms with van der Waals surface area (Å²) in [5.74, 6) is 1.68. The molecule has 0 amide bonds. The number of nitrogens with two attached hydrogens (primary N) is 1. The summed E-state index contributed by atoms with van der Waals surface area (Å²) < 4.78 is 11.9. The third-order valence-electron chi connectivity index (χ3n) is 4.82. The highest BCUT2D eigenvalue weighted by atomic mass is 32.2. The van der Waals surface area contributed by atoms with Crippen molar-refractivity contribution in [3.63, 3.8) is 0 Å². The Morgan fingerprint density at radius 2 is 2.22 bits per heavy atom. The van der Waals surface area contributed by atoms with Crippen LogP contribution in [0, 0.1) is 12.3 Å². The molecular weight excluding hydrogens is 308 g/mol. The lowest BCUT2D eigenvalue weighted by molar-refractivity contribution is 0.0105. The molecule has 1 aliphatic heterocycles. The normalized spacial score (nSPS) is 27.9. The second-order valence-corrected chi connectivity index (χ2v) is 7.39. The molecule has 1 spiro atoms. The van der Waals surface area contributed by atoms with Crippen molar-refractivity contribution in [2.24, 2.45) is 5.73 Å². The van der Waals surface area contributed by atoms with Crippen molar-refractivity contribution in [3.05, 3.63) is 35.4 Å². The molecule has 0 aromatic heterocycles. The number of thioether (sulfide) groups is 1. The number of fused-ring (bicyclic) bond motifs is 1. The first-order valence-corrected chi connectivity index (χ1v) is 9.03. The van der Waals surface area contributed by atoms with Gasteiger partial charge >= 0.3 is 0 Å². The summed E-state index contributed by atoms with van der Waals surface area (Å²) in [5, 5.41) is 7.55. The second-order valence-electron chi connectivity index (χ2n) is 6.32. The summed E-state index contributed by atoms with van der Waals surface area (Å²) in [6, 6.07) is 6.38. The zero-order valence-corrected chi connectivity index (χ0v) is 14.5. The zero-order valence-electron chi connectivity index (χ0n) is 13.7. The highest BCUT2D eigenvalue weighted by Crippen LogP contribution is 2.51. The molecule has 1 aromatic rings.